The Morgan fingerprint density at radius 3 is 2.65 bits per heavy atom. The number of carbonyl (C=O) groups excluding carboxylic acids is 1. The van der Waals surface area contributed by atoms with Crippen molar-refractivity contribution in [2.24, 2.45) is 0 Å². The second kappa shape index (κ2) is 7.52. The first-order valence-corrected chi connectivity index (χ1v) is 8.39. The molecule has 1 unspecified atom stereocenters. The Kier molecular flexibility index (Phi) is 5.99. The van der Waals surface area contributed by atoms with Gasteiger partial charge in [0.1, 0.15) is 0 Å². The number of ketones is 1. The quantitative estimate of drug-likeness (QED) is 0.588. The maximum Gasteiger partial charge on any atom is 0.176 e. The van der Waals surface area contributed by atoms with Crippen molar-refractivity contribution in [3.05, 3.63) is 33.4 Å². The zero-order chi connectivity index (χ0) is 14.5. The van der Waals surface area contributed by atoms with Gasteiger partial charge in [-0.2, -0.15) is 0 Å². The molecule has 0 aromatic heterocycles. The summed E-state index contributed by atoms with van der Waals surface area (Å²) in [7, 11) is 2.17. The van der Waals surface area contributed by atoms with Crippen LogP contribution in [-0.2, 0) is 0 Å². The van der Waals surface area contributed by atoms with Gasteiger partial charge in [-0.3, -0.25) is 9.69 Å². The third kappa shape index (κ3) is 4.27. The number of nitrogens with zero attached hydrogens (tertiary/aromatic N) is 2. The van der Waals surface area contributed by atoms with Crippen LogP contribution in [0.25, 0.3) is 0 Å². The van der Waals surface area contributed by atoms with E-state index in [0.717, 1.165) is 38.0 Å². The SMILES string of the molecule is CCC1CN(C)CCCN1CC(=O)c1ccc(I)cc1. The fraction of sp³-hybridized carbons (Fsp3) is 0.562. The van der Waals surface area contributed by atoms with Crippen LogP contribution in [0, 0.1) is 3.57 Å². The van der Waals surface area contributed by atoms with Gasteiger partial charge in [0, 0.05) is 28.3 Å². The van der Waals surface area contributed by atoms with Crippen LogP contribution in [-0.4, -0.2) is 54.9 Å². The molecule has 3 nitrogen and oxygen atoms in total. The minimum absolute atomic E-state index is 0.240. The van der Waals surface area contributed by atoms with Crippen LogP contribution < -0.4 is 0 Å². The van der Waals surface area contributed by atoms with Gasteiger partial charge in [0.05, 0.1) is 6.54 Å². The average molecular weight is 386 g/mol. The van der Waals surface area contributed by atoms with Crippen LogP contribution >= 0.6 is 22.6 Å². The molecule has 1 atom stereocenters. The van der Waals surface area contributed by atoms with Gasteiger partial charge in [-0.25, -0.2) is 0 Å². The summed E-state index contributed by atoms with van der Waals surface area (Å²) in [5.41, 5.74) is 0.831. The van der Waals surface area contributed by atoms with Crippen LogP contribution in [0.15, 0.2) is 24.3 Å². The normalized spacial score (nSPS) is 21.6. The molecule has 1 aromatic rings. The predicted molar refractivity (Wildman–Crippen MR) is 91.3 cm³/mol. The number of Topliss-reactive ketones (excluding diaryl/α,β-unsaturated/α-hetero) is 1. The van der Waals surface area contributed by atoms with Crippen molar-refractivity contribution in [3.8, 4) is 0 Å². The van der Waals surface area contributed by atoms with E-state index < -0.39 is 0 Å². The molecular weight excluding hydrogens is 363 g/mol. The first-order chi connectivity index (χ1) is 9.60. The lowest BCUT2D eigenvalue weighted by molar-refractivity contribution is 0.0888. The van der Waals surface area contributed by atoms with Gasteiger partial charge < -0.3 is 4.90 Å². The van der Waals surface area contributed by atoms with Crippen molar-refractivity contribution >= 4 is 28.4 Å². The minimum atomic E-state index is 0.240. The molecule has 0 amide bonds. The van der Waals surface area contributed by atoms with E-state index in [-0.39, 0.29) is 5.78 Å². The summed E-state index contributed by atoms with van der Waals surface area (Å²) in [6.07, 6.45) is 2.25. The zero-order valence-corrected chi connectivity index (χ0v) is 14.5. The standard InChI is InChI=1S/C16H23IN2O/c1-3-15-11-18(2)9-4-10-19(15)12-16(20)13-5-7-14(17)8-6-13/h5-8,15H,3-4,9-12H2,1-2H3. The molecule has 1 fully saturated rings. The average Bonchev–Trinajstić information content (AvgIpc) is 2.61. The summed E-state index contributed by atoms with van der Waals surface area (Å²) >= 11 is 2.26. The summed E-state index contributed by atoms with van der Waals surface area (Å²) in [6, 6.07) is 8.38. The summed E-state index contributed by atoms with van der Waals surface area (Å²) in [5.74, 6) is 0.240. The van der Waals surface area contributed by atoms with E-state index in [1.54, 1.807) is 0 Å². The Balaban J connectivity index is 2.03. The molecule has 1 aliphatic rings. The second-order valence-corrected chi connectivity index (χ2v) is 6.82. The minimum Gasteiger partial charge on any atom is -0.305 e. The monoisotopic (exact) mass is 386 g/mol. The summed E-state index contributed by atoms with van der Waals surface area (Å²) in [6.45, 7) is 5.99. The fourth-order valence-electron chi connectivity index (χ4n) is 2.80. The van der Waals surface area contributed by atoms with E-state index in [2.05, 4.69) is 46.4 Å². The third-order valence-electron chi connectivity index (χ3n) is 4.01. The highest BCUT2D eigenvalue weighted by Crippen LogP contribution is 2.14. The Bertz CT molecular complexity index is 446. The van der Waals surface area contributed by atoms with E-state index in [0.29, 0.717) is 12.6 Å². The highest BCUT2D eigenvalue weighted by atomic mass is 127. The molecule has 0 radical (unpaired) electrons. The fourth-order valence-corrected chi connectivity index (χ4v) is 3.16. The van der Waals surface area contributed by atoms with Crippen molar-refractivity contribution in [3.63, 3.8) is 0 Å². The molecule has 0 aliphatic carbocycles. The number of hydrogen-bond donors (Lipinski definition) is 0. The zero-order valence-electron chi connectivity index (χ0n) is 12.3. The van der Waals surface area contributed by atoms with Crippen LogP contribution in [0.2, 0.25) is 0 Å². The smallest absolute Gasteiger partial charge is 0.176 e. The molecular formula is C16H23IN2O. The molecule has 1 aromatic carbocycles. The summed E-state index contributed by atoms with van der Waals surface area (Å²) in [4.78, 5) is 17.2. The van der Waals surface area contributed by atoms with Gasteiger partial charge in [-0.05, 0) is 61.2 Å². The van der Waals surface area contributed by atoms with Crippen molar-refractivity contribution < 1.29 is 4.79 Å². The van der Waals surface area contributed by atoms with E-state index in [4.69, 9.17) is 0 Å². The number of hydrogen-bond acceptors (Lipinski definition) is 3. The Morgan fingerprint density at radius 1 is 1.30 bits per heavy atom. The number of benzene rings is 1. The van der Waals surface area contributed by atoms with Gasteiger partial charge in [-0.15, -0.1) is 0 Å². The highest BCUT2D eigenvalue weighted by molar-refractivity contribution is 14.1. The topological polar surface area (TPSA) is 23.6 Å². The number of rotatable bonds is 4. The lowest BCUT2D eigenvalue weighted by Gasteiger charge is -2.29. The molecule has 0 bridgehead atoms. The van der Waals surface area contributed by atoms with Crippen molar-refractivity contribution in [2.45, 2.75) is 25.8 Å². The number of carbonyl (C=O) groups is 1. The lowest BCUT2D eigenvalue weighted by atomic mass is 10.1. The molecule has 110 valence electrons. The van der Waals surface area contributed by atoms with Gasteiger partial charge in [0.2, 0.25) is 0 Å². The largest absolute Gasteiger partial charge is 0.305 e. The third-order valence-corrected chi connectivity index (χ3v) is 4.73. The molecule has 1 saturated heterocycles. The van der Waals surface area contributed by atoms with Crippen LogP contribution in [0.4, 0.5) is 0 Å². The van der Waals surface area contributed by atoms with E-state index in [9.17, 15) is 4.79 Å². The Labute approximate surface area is 135 Å². The van der Waals surface area contributed by atoms with Crippen molar-refractivity contribution in [2.75, 3.05) is 33.2 Å². The van der Waals surface area contributed by atoms with Crippen LogP contribution in [0.5, 0.6) is 0 Å². The number of halogens is 1. The van der Waals surface area contributed by atoms with Crippen LogP contribution in [0.1, 0.15) is 30.1 Å². The van der Waals surface area contributed by atoms with Gasteiger partial charge >= 0.3 is 0 Å². The molecule has 1 aliphatic heterocycles. The first-order valence-electron chi connectivity index (χ1n) is 7.31. The van der Waals surface area contributed by atoms with E-state index >= 15 is 0 Å². The maximum atomic E-state index is 12.4. The van der Waals surface area contributed by atoms with Crippen molar-refractivity contribution in [1.82, 2.24) is 9.80 Å². The molecule has 20 heavy (non-hydrogen) atoms. The lowest BCUT2D eigenvalue weighted by Crippen LogP contribution is -2.42. The summed E-state index contributed by atoms with van der Waals surface area (Å²) in [5, 5.41) is 0. The molecule has 0 N–H and O–H groups in total. The Morgan fingerprint density at radius 2 is 2.00 bits per heavy atom. The molecule has 4 heteroatoms. The molecule has 2 rings (SSSR count). The molecule has 0 spiro atoms. The van der Waals surface area contributed by atoms with Crippen LogP contribution in [0.3, 0.4) is 0 Å². The van der Waals surface area contributed by atoms with Crippen molar-refractivity contribution in [1.29, 1.82) is 0 Å². The Hall–Kier alpha value is -0.460. The van der Waals surface area contributed by atoms with Gasteiger partial charge in [0.15, 0.2) is 5.78 Å². The molecule has 0 saturated carbocycles. The highest BCUT2D eigenvalue weighted by Gasteiger charge is 2.23. The maximum absolute atomic E-state index is 12.4. The van der Waals surface area contributed by atoms with Gasteiger partial charge in [0.25, 0.3) is 0 Å². The first kappa shape index (κ1) is 15.9. The number of likely N-dealkylation sites (N-methyl/N-ethyl adjacent to an activating group) is 1. The van der Waals surface area contributed by atoms with Gasteiger partial charge in [-0.1, -0.05) is 19.1 Å². The predicted octanol–water partition coefficient (Wildman–Crippen LogP) is 2.89. The second-order valence-electron chi connectivity index (χ2n) is 5.58. The van der Waals surface area contributed by atoms with E-state index in [1.165, 1.54) is 3.57 Å². The molecule has 1 heterocycles. The van der Waals surface area contributed by atoms with E-state index in [1.807, 2.05) is 24.3 Å². The summed E-state index contributed by atoms with van der Waals surface area (Å²) < 4.78 is 1.17.